The van der Waals surface area contributed by atoms with Crippen molar-refractivity contribution in [3.05, 3.63) is 168 Å². The Morgan fingerprint density at radius 1 is 0.604 bits per heavy atom. The molecule has 0 aliphatic heterocycles. The van der Waals surface area contributed by atoms with Gasteiger partial charge in [-0.05, 0) is 56.3 Å². The SMILES string of the molecule is Cc1nc2ncccc2cc1C(=O)OCc1cc(-c2ccccc2)on1.Cc1nc2ncccc2cc1C(=O)OCc1ccc(-c2ccccc2)nc1. The van der Waals surface area contributed by atoms with Gasteiger partial charge in [0.2, 0.25) is 0 Å². The van der Waals surface area contributed by atoms with Crippen molar-refractivity contribution in [2.45, 2.75) is 27.1 Å². The van der Waals surface area contributed by atoms with E-state index in [-0.39, 0.29) is 13.2 Å². The number of benzene rings is 2. The van der Waals surface area contributed by atoms with Crippen molar-refractivity contribution in [1.29, 1.82) is 0 Å². The van der Waals surface area contributed by atoms with E-state index in [1.165, 1.54) is 0 Å². The van der Waals surface area contributed by atoms with Gasteiger partial charge in [0, 0.05) is 52.1 Å². The van der Waals surface area contributed by atoms with Gasteiger partial charge in [0.1, 0.15) is 18.9 Å². The molecule has 11 nitrogen and oxygen atoms in total. The number of ether oxygens (including phenoxy) is 2. The molecule has 0 amide bonds. The van der Waals surface area contributed by atoms with Crippen LogP contribution in [0.15, 0.2) is 138 Å². The molecule has 0 aliphatic rings. The number of hydrogen-bond donors (Lipinski definition) is 0. The first-order valence-electron chi connectivity index (χ1n) is 16.7. The zero-order valence-electron chi connectivity index (χ0n) is 28.8. The zero-order chi connectivity index (χ0) is 36.6. The number of esters is 2. The Balaban J connectivity index is 0.000000164. The van der Waals surface area contributed by atoms with Gasteiger partial charge in [0.25, 0.3) is 0 Å². The van der Waals surface area contributed by atoms with E-state index in [0.29, 0.717) is 45.3 Å². The molecule has 0 unspecified atom stereocenters. The number of rotatable bonds is 8. The molecule has 0 N–H and O–H groups in total. The van der Waals surface area contributed by atoms with Crippen LogP contribution < -0.4 is 0 Å². The molecule has 8 aromatic rings. The average Bonchev–Trinajstić information content (AvgIpc) is 3.69. The van der Waals surface area contributed by atoms with E-state index in [4.69, 9.17) is 14.0 Å². The average molecular weight is 701 g/mol. The van der Waals surface area contributed by atoms with Gasteiger partial charge in [0.15, 0.2) is 17.1 Å². The molecule has 8 rings (SSSR count). The molecule has 11 heteroatoms. The second kappa shape index (κ2) is 15.8. The van der Waals surface area contributed by atoms with Gasteiger partial charge < -0.3 is 14.0 Å². The Labute approximate surface area is 304 Å². The minimum absolute atomic E-state index is 0.0275. The number of pyridine rings is 5. The van der Waals surface area contributed by atoms with Gasteiger partial charge in [-0.1, -0.05) is 71.9 Å². The van der Waals surface area contributed by atoms with Crippen molar-refractivity contribution in [2.75, 3.05) is 0 Å². The Bertz CT molecular complexity index is 2520. The monoisotopic (exact) mass is 700 g/mol. The number of nitrogens with zero attached hydrogens (tertiary/aromatic N) is 6. The Hall–Kier alpha value is -7.14. The summed E-state index contributed by atoms with van der Waals surface area (Å²) < 4.78 is 16.1. The summed E-state index contributed by atoms with van der Waals surface area (Å²) in [5, 5.41) is 5.55. The molecule has 2 aromatic carbocycles. The fraction of sp³-hybridized carbons (Fsp3) is 0.0952. The molecule has 0 saturated carbocycles. The van der Waals surface area contributed by atoms with Gasteiger partial charge in [-0.3, -0.25) is 4.98 Å². The van der Waals surface area contributed by atoms with Gasteiger partial charge >= 0.3 is 11.9 Å². The summed E-state index contributed by atoms with van der Waals surface area (Å²) in [6, 6.07) is 36.0. The number of fused-ring (bicyclic) bond motifs is 2. The summed E-state index contributed by atoms with van der Waals surface area (Å²) in [6.45, 7) is 3.72. The van der Waals surface area contributed by atoms with Crippen molar-refractivity contribution in [1.82, 2.24) is 30.1 Å². The molecular formula is C42H32N6O5. The summed E-state index contributed by atoms with van der Waals surface area (Å²) in [4.78, 5) is 46.4. The van der Waals surface area contributed by atoms with Crippen molar-refractivity contribution < 1.29 is 23.6 Å². The zero-order valence-corrected chi connectivity index (χ0v) is 28.8. The van der Waals surface area contributed by atoms with Crippen LogP contribution >= 0.6 is 0 Å². The molecule has 260 valence electrons. The Morgan fingerprint density at radius 2 is 1.17 bits per heavy atom. The second-order valence-corrected chi connectivity index (χ2v) is 12.0. The van der Waals surface area contributed by atoms with Crippen LogP contribution in [0.25, 0.3) is 44.6 Å². The summed E-state index contributed by atoms with van der Waals surface area (Å²) in [6.07, 6.45) is 5.07. The maximum absolute atomic E-state index is 12.5. The van der Waals surface area contributed by atoms with Crippen molar-refractivity contribution in [3.8, 4) is 22.6 Å². The van der Waals surface area contributed by atoms with Gasteiger partial charge in [-0.2, -0.15) is 0 Å². The summed E-state index contributed by atoms with van der Waals surface area (Å²) in [5.41, 5.74) is 7.48. The lowest BCUT2D eigenvalue weighted by molar-refractivity contribution is 0.0457. The predicted molar refractivity (Wildman–Crippen MR) is 198 cm³/mol. The van der Waals surface area contributed by atoms with Crippen LogP contribution in [0.5, 0.6) is 0 Å². The third-order valence-electron chi connectivity index (χ3n) is 8.23. The highest BCUT2D eigenvalue weighted by atomic mass is 16.5. The van der Waals surface area contributed by atoms with E-state index in [9.17, 15) is 9.59 Å². The van der Waals surface area contributed by atoms with Crippen molar-refractivity contribution in [2.24, 2.45) is 0 Å². The highest BCUT2D eigenvalue weighted by Crippen LogP contribution is 2.22. The lowest BCUT2D eigenvalue weighted by atomic mass is 10.1. The lowest BCUT2D eigenvalue weighted by Gasteiger charge is -2.08. The van der Waals surface area contributed by atoms with Gasteiger partial charge in [0.05, 0.1) is 28.2 Å². The minimum Gasteiger partial charge on any atom is -0.457 e. The minimum atomic E-state index is -0.454. The van der Waals surface area contributed by atoms with Crippen LogP contribution in [0, 0.1) is 13.8 Å². The lowest BCUT2D eigenvalue weighted by Crippen LogP contribution is -2.09. The highest BCUT2D eigenvalue weighted by Gasteiger charge is 2.16. The van der Waals surface area contributed by atoms with Gasteiger partial charge in [-0.25, -0.2) is 29.5 Å². The van der Waals surface area contributed by atoms with Crippen LogP contribution in [0.2, 0.25) is 0 Å². The smallest absolute Gasteiger partial charge is 0.340 e. The first kappa shape index (κ1) is 34.3. The molecule has 0 saturated heterocycles. The van der Waals surface area contributed by atoms with Crippen LogP contribution in [-0.2, 0) is 22.7 Å². The van der Waals surface area contributed by atoms with Crippen molar-refractivity contribution in [3.63, 3.8) is 0 Å². The molecule has 0 fully saturated rings. The quantitative estimate of drug-likeness (QED) is 0.141. The Morgan fingerprint density at radius 3 is 1.74 bits per heavy atom. The van der Waals surface area contributed by atoms with Crippen LogP contribution in [0.1, 0.15) is 43.4 Å². The number of aryl methyl sites for hydroxylation is 2. The predicted octanol–water partition coefficient (Wildman–Crippen LogP) is 8.31. The number of aromatic nitrogens is 6. The molecule has 0 atom stereocenters. The second-order valence-electron chi connectivity index (χ2n) is 12.0. The van der Waals surface area contributed by atoms with Crippen LogP contribution in [-0.4, -0.2) is 42.0 Å². The fourth-order valence-corrected chi connectivity index (χ4v) is 5.45. The number of carbonyl (C=O) groups is 2. The maximum atomic E-state index is 12.5. The third kappa shape index (κ3) is 8.26. The molecule has 0 radical (unpaired) electrons. The van der Waals surface area contributed by atoms with E-state index in [1.807, 2.05) is 91.0 Å². The van der Waals surface area contributed by atoms with E-state index in [2.05, 4.69) is 30.1 Å². The van der Waals surface area contributed by atoms with Crippen LogP contribution in [0.3, 0.4) is 0 Å². The number of hydrogen-bond acceptors (Lipinski definition) is 11. The first-order valence-corrected chi connectivity index (χ1v) is 16.7. The van der Waals surface area contributed by atoms with E-state index < -0.39 is 11.9 Å². The summed E-state index contributed by atoms with van der Waals surface area (Å²) in [5.74, 6) is -0.228. The highest BCUT2D eigenvalue weighted by molar-refractivity contribution is 5.95. The summed E-state index contributed by atoms with van der Waals surface area (Å²) >= 11 is 0. The van der Waals surface area contributed by atoms with Crippen molar-refractivity contribution >= 4 is 34.0 Å². The van der Waals surface area contributed by atoms with Crippen LogP contribution in [0.4, 0.5) is 0 Å². The molecule has 0 bridgehead atoms. The first-order chi connectivity index (χ1) is 25.9. The topological polar surface area (TPSA) is 143 Å². The van der Waals surface area contributed by atoms with E-state index in [0.717, 1.165) is 33.2 Å². The summed E-state index contributed by atoms with van der Waals surface area (Å²) in [7, 11) is 0. The number of carbonyl (C=O) groups excluding carboxylic acids is 2. The normalized spacial score (nSPS) is 10.8. The molecule has 0 aliphatic carbocycles. The van der Waals surface area contributed by atoms with Gasteiger partial charge in [-0.15, -0.1) is 0 Å². The Kier molecular flexibility index (Phi) is 10.2. The standard InChI is InChI=1S/C22H17N3O2.C20H15N3O3/c1-15-19(12-18-8-5-11-23-21(18)25-15)22(26)27-14-16-9-10-20(24-13-16)17-6-3-2-4-7-17;1-13-17(10-15-8-5-9-21-19(15)22-13)20(24)25-12-16-11-18(26-23-16)14-6-3-2-4-7-14/h2-13H,14H2,1H3;2-11H,12H2,1H3. The van der Waals surface area contributed by atoms with E-state index in [1.54, 1.807) is 56.7 Å². The molecule has 53 heavy (non-hydrogen) atoms. The molecular weight excluding hydrogens is 668 g/mol. The molecule has 6 heterocycles. The molecule has 0 spiro atoms. The largest absolute Gasteiger partial charge is 0.457 e. The molecule has 6 aromatic heterocycles. The third-order valence-corrected chi connectivity index (χ3v) is 8.23. The van der Waals surface area contributed by atoms with E-state index >= 15 is 0 Å². The maximum Gasteiger partial charge on any atom is 0.340 e. The fourth-order valence-electron chi connectivity index (χ4n) is 5.45.